The molecule has 0 aliphatic rings. The maximum absolute atomic E-state index is 11.3. The molecule has 1 heterocycles. The third-order valence-corrected chi connectivity index (χ3v) is 2.19. The number of nitrogens with zero attached hydrogens (tertiary/aromatic N) is 1. The number of urea groups is 1. The summed E-state index contributed by atoms with van der Waals surface area (Å²) in [5.74, 6) is 0. The molecule has 2 N–H and O–H groups in total. The van der Waals surface area contributed by atoms with Crippen molar-refractivity contribution in [3.63, 3.8) is 0 Å². The lowest BCUT2D eigenvalue weighted by molar-refractivity contribution is 0.252. The van der Waals surface area contributed by atoms with Crippen LogP contribution in [0.1, 0.15) is 13.3 Å². The van der Waals surface area contributed by atoms with Crippen molar-refractivity contribution < 1.29 is 4.79 Å². The molecule has 0 fully saturated rings. The topological polar surface area (TPSA) is 54.0 Å². The Morgan fingerprint density at radius 3 is 3.07 bits per heavy atom. The molecule has 0 unspecified atom stereocenters. The number of hydrogen-bond acceptors (Lipinski definition) is 2. The normalized spacial score (nSPS) is 9.57. The standard InChI is InChI=1S/C9H12BrN3O/c1-2-4-12-9(14)13-8-3-5-11-6-7(8)10/h3,5-6H,2,4H2,1H3,(H2,11,12,13,14). The lowest BCUT2D eigenvalue weighted by Crippen LogP contribution is -2.29. The van der Waals surface area contributed by atoms with Gasteiger partial charge in [0.2, 0.25) is 0 Å². The van der Waals surface area contributed by atoms with Crippen LogP contribution in [-0.2, 0) is 0 Å². The molecule has 5 heteroatoms. The van der Waals surface area contributed by atoms with E-state index in [0.29, 0.717) is 12.2 Å². The number of nitrogens with one attached hydrogen (secondary N) is 2. The molecule has 1 rings (SSSR count). The van der Waals surface area contributed by atoms with E-state index in [1.165, 1.54) is 0 Å². The van der Waals surface area contributed by atoms with Gasteiger partial charge >= 0.3 is 6.03 Å². The van der Waals surface area contributed by atoms with Gasteiger partial charge in [-0.15, -0.1) is 0 Å². The lowest BCUT2D eigenvalue weighted by Gasteiger charge is -2.07. The molecule has 76 valence electrons. The number of halogens is 1. The Hall–Kier alpha value is -1.10. The number of hydrogen-bond donors (Lipinski definition) is 2. The van der Waals surface area contributed by atoms with Crippen LogP contribution >= 0.6 is 15.9 Å². The van der Waals surface area contributed by atoms with Crippen molar-refractivity contribution in [3.8, 4) is 0 Å². The van der Waals surface area contributed by atoms with Crippen molar-refractivity contribution in [3.05, 3.63) is 22.9 Å². The summed E-state index contributed by atoms with van der Waals surface area (Å²) in [5.41, 5.74) is 0.716. The number of pyridine rings is 1. The summed E-state index contributed by atoms with van der Waals surface area (Å²) in [6, 6.07) is 1.54. The van der Waals surface area contributed by atoms with Crippen LogP contribution in [0.15, 0.2) is 22.9 Å². The van der Waals surface area contributed by atoms with E-state index in [1.807, 2.05) is 6.92 Å². The summed E-state index contributed by atoms with van der Waals surface area (Å²) in [5, 5.41) is 5.42. The summed E-state index contributed by atoms with van der Waals surface area (Å²) in [7, 11) is 0. The predicted octanol–water partition coefficient (Wildman–Crippen LogP) is 2.38. The third kappa shape index (κ3) is 3.33. The SMILES string of the molecule is CCCNC(=O)Nc1ccncc1Br. The minimum Gasteiger partial charge on any atom is -0.338 e. The Bertz CT molecular complexity index is 317. The van der Waals surface area contributed by atoms with Gasteiger partial charge in [-0.3, -0.25) is 4.98 Å². The van der Waals surface area contributed by atoms with Gasteiger partial charge in [-0.25, -0.2) is 4.79 Å². The molecule has 0 saturated carbocycles. The smallest absolute Gasteiger partial charge is 0.319 e. The number of aromatic nitrogens is 1. The molecule has 0 saturated heterocycles. The Labute approximate surface area is 91.2 Å². The molecule has 2 amide bonds. The Balaban J connectivity index is 2.52. The van der Waals surface area contributed by atoms with Crippen molar-refractivity contribution in [1.29, 1.82) is 0 Å². The van der Waals surface area contributed by atoms with Crippen LogP contribution in [0, 0.1) is 0 Å². The average Bonchev–Trinajstić information content (AvgIpc) is 2.18. The molecule has 1 aromatic rings. The van der Waals surface area contributed by atoms with Gasteiger partial charge in [0.05, 0.1) is 10.2 Å². The second-order valence-electron chi connectivity index (χ2n) is 2.74. The van der Waals surface area contributed by atoms with Crippen LogP contribution in [0.3, 0.4) is 0 Å². The van der Waals surface area contributed by atoms with E-state index in [1.54, 1.807) is 18.5 Å². The molecule has 14 heavy (non-hydrogen) atoms. The second kappa shape index (κ2) is 5.59. The highest BCUT2D eigenvalue weighted by Gasteiger charge is 2.02. The Morgan fingerprint density at radius 2 is 2.43 bits per heavy atom. The zero-order valence-electron chi connectivity index (χ0n) is 7.88. The van der Waals surface area contributed by atoms with E-state index >= 15 is 0 Å². The number of anilines is 1. The number of carbonyl (C=O) groups excluding carboxylic acids is 1. The monoisotopic (exact) mass is 257 g/mol. The molecular formula is C9H12BrN3O. The molecule has 1 aromatic heterocycles. The fraction of sp³-hybridized carbons (Fsp3) is 0.333. The zero-order chi connectivity index (χ0) is 10.4. The molecule has 0 aliphatic carbocycles. The van der Waals surface area contributed by atoms with E-state index in [2.05, 4.69) is 31.5 Å². The van der Waals surface area contributed by atoms with E-state index in [9.17, 15) is 4.79 Å². The molecule has 0 atom stereocenters. The minimum atomic E-state index is -0.196. The van der Waals surface area contributed by atoms with Crippen LogP contribution in [0.2, 0.25) is 0 Å². The van der Waals surface area contributed by atoms with Crippen molar-refractivity contribution in [2.45, 2.75) is 13.3 Å². The maximum atomic E-state index is 11.3. The van der Waals surface area contributed by atoms with E-state index in [-0.39, 0.29) is 6.03 Å². The molecule has 0 radical (unpaired) electrons. The second-order valence-corrected chi connectivity index (χ2v) is 3.59. The van der Waals surface area contributed by atoms with Crippen LogP contribution in [0.25, 0.3) is 0 Å². The molecule has 4 nitrogen and oxygen atoms in total. The van der Waals surface area contributed by atoms with Crippen LogP contribution in [0.5, 0.6) is 0 Å². The van der Waals surface area contributed by atoms with Gasteiger partial charge in [-0.05, 0) is 28.4 Å². The first-order valence-electron chi connectivity index (χ1n) is 4.38. The van der Waals surface area contributed by atoms with Gasteiger partial charge in [0.1, 0.15) is 0 Å². The van der Waals surface area contributed by atoms with Crippen LogP contribution in [0.4, 0.5) is 10.5 Å². The fourth-order valence-electron chi connectivity index (χ4n) is 0.882. The van der Waals surface area contributed by atoms with Crippen molar-refractivity contribution >= 4 is 27.6 Å². The first-order chi connectivity index (χ1) is 6.74. The minimum absolute atomic E-state index is 0.196. The lowest BCUT2D eigenvalue weighted by atomic mass is 10.4. The van der Waals surface area contributed by atoms with Crippen LogP contribution in [-0.4, -0.2) is 17.6 Å². The summed E-state index contributed by atoms with van der Waals surface area (Å²) in [6.45, 7) is 2.68. The van der Waals surface area contributed by atoms with E-state index < -0.39 is 0 Å². The van der Waals surface area contributed by atoms with E-state index in [0.717, 1.165) is 10.9 Å². The molecule has 0 spiro atoms. The highest BCUT2D eigenvalue weighted by Crippen LogP contribution is 2.19. The Morgan fingerprint density at radius 1 is 1.64 bits per heavy atom. The summed E-state index contributed by atoms with van der Waals surface area (Å²) < 4.78 is 0.770. The molecular weight excluding hydrogens is 246 g/mol. The van der Waals surface area contributed by atoms with Crippen molar-refractivity contribution in [2.24, 2.45) is 0 Å². The molecule has 0 bridgehead atoms. The number of carbonyl (C=O) groups is 1. The van der Waals surface area contributed by atoms with Crippen molar-refractivity contribution in [1.82, 2.24) is 10.3 Å². The first-order valence-corrected chi connectivity index (χ1v) is 5.17. The first kappa shape index (κ1) is 11.0. The maximum Gasteiger partial charge on any atom is 0.319 e. The average molecular weight is 258 g/mol. The third-order valence-electron chi connectivity index (χ3n) is 1.56. The summed E-state index contributed by atoms with van der Waals surface area (Å²) in [4.78, 5) is 15.2. The summed E-state index contributed by atoms with van der Waals surface area (Å²) in [6.07, 6.45) is 4.18. The number of rotatable bonds is 3. The van der Waals surface area contributed by atoms with Crippen LogP contribution < -0.4 is 10.6 Å². The largest absolute Gasteiger partial charge is 0.338 e. The number of amides is 2. The van der Waals surface area contributed by atoms with Gasteiger partial charge in [0.15, 0.2) is 0 Å². The van der Waals surface area contributed by atoms with Gasteiger partial charge in [-0.1, -0.05) is 6.92 Å². The van der Waals surface area contributed by atoms with Crippen molar-refractivity contribution in [2.75, 3.05) is 11.9 Å². The Kier molecular flexibility index (Phi) is 4.39. The fourth-order valence-corrected chi connectivity index (χ4v) is 1.23. The zero-order valence-corrected chi connectivity index (χ0v) is 9.47. The highest BCUT2D eigenvalue weighted by atomic mass is 79.9. The van der Waals surface area contributed by atoms with Gasteiger partial charge < -0.3 is 10.6 Å². The predicted molar refractivity (Wildman–Crippen MR) is 59.2 cm³/mol. The molecule has 0 aliphatic heterocycles. The van der Waals surface area contributed by atoms with E-state index in [4.69, 9.17) is 0 Å². The highest BCUT2D eigenvalue weighted by molar-refractivity contribution is 9.10. The summed E-state index contributed by atoms with van der Waals surface area (Å²) >= 11 is 3.29. The quantitative estimate of drug-likeness (QED) is 0.874. The van der Waals surface area contributed by atoms with Gasteiger partial charge in [-0.2, -0.15) is 0 Å². The van der Waals surface area contributed by atoms with Gasteiger partial charge in [0.25, 0.3) is 0 Å². The van der Waals surface area contributed by atoms with Gasteiger partial charge in [0, 0.05) is 18.9 Å². The molecule has 0 aromatic carbocycles.